The normalized spacial score (nSPS) is 12.5. The van der Waals surface area contributed by atoms with E-state index in [2.05, 4.69) is 67.8 Å². The van der Waals surface area contributed by atoms with Gasteiger partial charge in [-0.15, -0.1) is 0 Å². The molecule has 0 bridgehead atoms. The average Bonchev–Trinajstić information content (AvgIpc) is 3.08. The van der Waals surface area contributed by atoms with Gasteiger partial charge in [0.2, 0.25) is 5.91 Å². The Morgan fingerprint density at radius 3 is 1.63 bits per heavy atom. The number of aliphatic carboxylic acids is 1. The number of hydrogen-bond donors (Lipinski definition) is 2. The molecule has 0 aliphatic carbocycles. The third-order valence-electron chi connectivity index (χ3n) is 8.72. The van der Waals surface area contributed by atoms with Crippen LogP contribution in [0.5, 0.6) is 0 Å². The third-order valence-corrected chi connectivity index (χ3v) is 8.72. The molecule has 0 rings (SSSR count). The molecular formula is C43H75NO5. The summed E-state index contributed by atoms with van der Waals surface area (Å²) in [5.74, 6) is -1.30. The first-order valence-electron chi connectivity index (χ1n) is 20.3. The number of ether oxygens (including phenoxy) is 1. The van der Waals surface area contributed by atoms with Crippen LogP contribution in [0, 0.1) is 0 Å². The summed E-state index contributed by atoms with van der Waals surface area (Å²) in [6, 6.07) is 0. The highest BCUT2D eigenvalue weighted by molar-refractivity contribution is 5.80. The maximum Gasteiger partial charge on any atom is 0.322 e. The maximum atomic E-state index is 12.7. The van der Waals surface area contributed by atoms with E-state index in [1.54, 1.807) is 0 Å². The molecule has 0 heterocycles. The fourth-order valence-electron chi connectivity index (χ4n) is 5.74. The van der Waals surface area contributed by atoms with Crippen LogP contribution in [0.4, 0.5) is 0 Å². The monoisotopic (exact) mass is 686 g/mol. The molecule has 2 N–H and O–H groups in total. The fourth-order valence-corrected chi connectivity index (χ4v) is 5.74. The van der Waals surface area contributed by atoms with Gasteiger partial charge in [0.25, 0.3) is 0 Å². The Bertz CT molecular complexity index is 891. The van der Waals surface area contributed by atoms with Crippen molar-refractivity contribution in [2.75, 3.05) is 6.54 Å². The second-order valence-electron chi connectivity index (χ2n) is 13.5. The Labute approximate surface area is 301 Å². The van der Waals surface area contributed by atoms with Crippen molar-refractivity contribution in [3.05, 3.63) is 48.6 Å². The van der Waals surface area contributed by atoms with E-state index in [9.17, 15) is 14.4 Å². The molecule has 0 saturated carbocycles. The number of esters is 1. The van der Waals surface area contributed by atoms with Gasteiger partial charge in [0.15, 0.2) is 0 Å². The minimum atomic E-state index is -1.02. The summed E-state index contributed by atoms with van der Waals surface area (Å²) in [4.78, 5) is 34.8. The highest BCUT2D eigenvalue weighted by Crippen LogP contribution is 2.15. The quantitative estimate of drug-likeness (QED) is 0.0389. The lowest BCUT2D eigenvalue weighted by atomic mass is 10.1. The second-order valence-corrected chi connectivity index (χ2v) is 13.5. The highest BCUT2D eigenvalue weighted by atomic mass is 16.5. The summed E-state index contributed by atoms with van der Waals surface area (Å²) in [6.45, 7) is 4.09. The Hall–Kier alpha value is -2.63. The minimum Gasteiger partial charge on any atom is -0.480 e. The summed E-state index contributed by atoms with van der Waals surface area (Å²) in [5.41, 5.74) is 0. The SMILES string of the molecule is CC/C=C\C/C=C\C/C=C\C(CCCCCCCCC(=O)NCC(=O)O)OC(=O)CCCCCCCCC/C=C\CCCCCCCCC. The zero-order valence-corrected chi connectivity index (χ0v) is 31.8. The van der Waals surface area contributed by atoms with Gasteiger partial charge in [0.1, 0.15) is 12.6 Å². The predicted molar refractivity (Wildman–Crippen MR) is 208 cm³/mol. The first-order chi connectivity index (χ1) is 24.0. The van der Waals surface area contributed by atoms with Crippen LogP contribution < -0.4 is 5.32 Å². The van der Waals surface area contributed by atoms with Crippen molar-refractivity contribution in [3.8, 4) is 0 Å². The van der Waals surface area contributed by atoms with E-state index in [4.69, 9.17) is 9.84 Å². The molecule has 282 valence electrons. The lowest BCUT2D eigenvalue weighted by molar-refractivity contribution is -0.147. The molecule has 0 spiro atoms. The zero-order chi connectivity index (χ0) is 35.9. The molecule has 0 aromatic heterocycles. The van der Waals surface area contributed by atoms with Crippen LogP contribution in [0.25, 0.3) is 0 Å². The summed E-state index contributed by atoms with van der Waals surface area (Å²) < 4.78 is 5.90. The Balaban J connectivity index is 4.12. The minimum absolute atomic E-state index is 0.0839. The van der Waals surface area contributed by atoms with E-state index < -0.39 is 5.97 Å². The molecule has 6 nitrogen and oxygen atoms in total. The summed E-state index contributed by atoms with van der Waals surface area (Å²) in [5, 5.41) is 11.0. The van der Waals surface area contributed by atoms with Gasteiger partial charge in [-0.1, -0.05) is 153 Å². The number of allylic oxidation sites excluding steroid dienone is 7. The number of unbranched alkanes of at least 4 members (excludes halogenated alkanes) is 19. The smallest absolute Gasteiger partial charge is 0.322 e. The van der Waals surface area contributed by atoms with Crippen molar-refractivity contribution in [2.45, 2.75) is 200 Å². The van der Waals surface area contributed by atoms with Crippen molar-refractivity contribution >= 4 is 17.8 Å². The molecule has 0 saturated heterocycles. The number of carboxylic acids is 1. The van der Waals surface area contributed by atoms with Gasteiger partial charge in [-0.3, -0.25) is 14.4 Å². The molecule has 6 heteroatoms. The second kappa shape index (κ2) is 38.2. The molecule has 1 atom stereocenters. The first kappa shape index (κ1) is 46.4. The molecule has 0 aromatic rings. The summed E-state index contributed by atoms with van der Waals surface area (Å²) in [7, 11) is 0. The molecule has 0 radical (unpaired) electrons. The van der Waals surface area contributed by atoms with Gasteiger partial charge < -0.3 is 15.2 Å². The number of carboxylic acid groups (broad SMARTS) is 1. The average molecular weight is 686 g/mol. The van der Waals surface area contributed by atoms with Gasteiger partial charge in [0.05, 0.1) is 0 Å². The number of rotatable bonds is 36. The number of nitrogens with one attached hydrogen (secondary N) is 1. The molecule has 1 unspecified atom stereocenters. The van der Waals surface area contributed by atoms with Crippen LogP contribution in [0.2, 0.25) is 0 Å². The molecule has 0 aromatic carbocycles. The van der Waals surface area contributed by atoms with Gasteiger partial charge in [0, 0.05) is 12.8 Å². The fraction of sp³-hybridized carbons (Fsp3) is 0.744. The third kappa shape index (κ3) is 38.0. The molecule has 0 aliphatic heterocycles. The number of hydrogen-bond acceptors (Lipinski definition) is 4. The van der Waals surface area contributed by atoms with E-state index in [0.29, 0.717) is 12.8 Å². The molecular weight excluding hydrogens is 610 g/mol. The van der Waals surface area contributed by atoms with Crippen LogP contribution in [0.15, 0.2) is 48.6 Å². The number of amides is 1. The van der Waals surface area contributed by atoms with Crippen molar-refractivity contribution in [1.82, 2.24) is 5.32 Å². The Morgan fingerprint density at radius 1 is 0.571 bits per heavy atom. The predicted octanol–water partition coefficient (Wildman–Crippen LogP) is 12.3. The Kier molecular flexibility index (Phi) is 36.1. The largest absolute Gasteiger partial charge is 0.480 e. The van der Waals surface area contributed by atoms with Gasteiger partial charge in [-0.05, 0) is 76.7 Å². The first-order valence-corrected chi connectivity index (χ1v) is 20.3. The van der Waals surface area contributed by atoms with Crippen molar-refractivity contribution in [3.63, 3.8) is 0 Å². The summed E-state index contributed by atoms with van der Waals surface area (Å²) in [6.07, 6.45) is 48.3. The van der Waals surface area contributed by atoms with Crippen LogP contribution in [-0.2, 0) is 19.1 Å². The van der Waals surface area contributed by atoms with Crippen LogP contribution in [-0.4, -0.2) is 35.6 Å². The molecule has 0 fully saturated rings. The number of carbonyl (C=O) groups is 3. The van der Waals surface area contributed by atoms with Gasteiger partial charge in [-0.2, -0.15) is 0 Å². The van der Waals surface area contributed by atoms with Crippen molar-refractivity contribution in [2.24, 2.45) is 0 Å². The Morgan fingerprint density at radius 2 is 1.06 bits per heavy atom. The van der Waals surface area contributed by atoms with Gasteiger partial charge in [-0.25, -0.2) is 0 Å². The van der Waals surface area contributed by atoms with Gasteiger partial charge >= 0.3 is 11.9 Å². The van der Waals surface area contributed by atoms with Crippen LogP contribution in [0.1, 0.15) is 194 Å². The molecule has 0 aliphatic rings. The molecule has 1 amide bonds. The lowest BCUT2D eigenvalue weighted by Crippen LogP contribution is -2.28. The highest BCUT2D eigenvalue weighted by Gasteiger charge is 2.11. The summed E-state index contributed by atoms with van der Waals surface area (Å²) >= 11 is 0. The zero-order valence-electron chi connectivity index (χ0n) is 31.8. The van der Waals surface area contributed by atoms with E-state index in [1.165, 1.54) is 89.9 Å². The topological polar surface area (TPSA) is 92.7 Å². The van der Waals surface area contributed by atoms with E-state index in [1.807, 2.05) is 0 Å². The number of carbonyl (C=O) groups excluding carboxylic acids is 2. The van der Waals surface area contributed by atoms with Crippen molar-refractivity contribution < 1.29 is 24.2 Å². The maximum absolute atomic E-state index is 12.7. The molecule has 49 heavy (non-hydrogen) atoms. The van der Waals surface area contributed by atoms with E-state index in [0.717, 1.165) is 77.0 Å². The van der Waals surface area contributed by atoms with E-state index >= 15 is 0 Å². The van der Waals surface area contributed by atoms with E-state index in [-0.39, 0.29) is 24.5 Å². The van der Waals surface area contributed by atoms with Crippen LogP contribution in [0.3, 0.4) is 0 Å². The van der Waals surface area contributed by atoms with Crippen LogP contribution >= 0.6 is 0 Å². The van der Waals surface area contributed by atoms with Crippen molar-refractivity contribution in [1.29, 1.82) is 0 Å². The lowest BCUT2D eigenvalue weighted by Gasteiger charge is -2.14. The standard InChI is InChI=1S/C43H75NO5/c1-3-5-7-9-11-13-14-15-16-17-18-19-20-21-22-24-30-34-38-43(48)49-40(35-31-27-23-12-10-8-6-4-2)36-32-28-25-26-29-33-37-41(45)44-39-42(46)47/h6,8,12,16-17,23,31,35,40H,3-5,7,9-11,13-15,18-22,24-30,32-34,36-39H2,1-2H3,(H,44,45)(H,46,47)/b8-6-,17-16-,23-12-,35-31-.